The van der Waals surface area contributed by atoms with Gasteiger partial charge in [-0.15, -0.1) is 0 Å². The highest BCUT2D eigenvalue weighted by Crippen LogP contribution is 2.29. The number of nitrogens with one attached hydrogen (secondary N) is 1. The highest BCUT2D eigenvalue weighted by molar-refractivity contribution is 5.75. The van der Waals surface area contributed by atoms with Gasteiger partial charge in [0, 0.05) is 6.54 Å². The largest absolute Gasteiger partial charge is 0.465 e. The van der Waals surface area contributed by atoms with Crippen LogP contribution in [0.5, 0.6) is 0 Å². The van der Waals surface area contributed by atoms with E-state index < -0.39 is 0 Å². The maximum absolute atomic E-state index is 11.7. The highest BCUT2D eigenvalue weighted by Gasteiger charge is 2.30. The molecule has 1 fully saturated rings. The molecule has 106 valence electrons. The zero-order chi connectivity index (χ0) is 13.6. The van der Waals surface area contributed by atoms with E-state index >= 15 is 0 Å². The van der Waals surface area contributed by atoms with E-state index in [0.29, 0.717) is 12.0 Å². The van der Waals surface area contributed by atoms with Crippen molar-refractivity contribution in [1.29, 1.82) is 0 Å². The molecule has 4 nitrogen and oxygen atoms in total. The first-order valence-electron chi connectivity index (χ1n) is 7.09. The number of likely N-dealkylation sites (tertiary alicyclic amines) is 1. The lowest BCUT2D eigenvalue weighted by molar-refractivity contribution is -0.145. The molecule has 0 bridgehead atoms. The molecule has 0 aliphatic carbocycles. The topological polar surface area (TPSA) is 41.6 Å². The van der Waals surface area contributed by atoms with Crippen LogP contribution < -0.4 is 5.32 Å². The van der Waals surface area contributed by atoms with E-state index in [1.165, 1.54) is 12.8 Å². The lowest BCUT2D eigenvalue weighted by Gasteiger charge is -2.38. The van der Waals surface area contributed by atoms with Gasteiger partial charge in [-0.3, -0.25) is 4.79 Å². The van der Waals surface area contributed by atoms with Crippen molar-refractivity contribution in [3.63, 3.8) is 0 Å². The van der Waals surface area contributed by atoms with Crippen LogP contribution >= 0.6 is 0 Å². The molecule has 0 amide bonds. The van der Waals surface area contributed by atoms with Crippen LogP contribution in [0.25, 0.3) is 0 Å². The van der Waals surface area contributed by atoms with Crippen molar-refractivity contribution in [1.82, 2.24) is 10.2 Å². The number of piperidine rings is 1. The first-order valence-corrected chi connectivity index (χ1v) is 7.09. The summed E-state index contributed by atoms with van der Waals surface area (Å²) in [6, 6.07) is -0.151. The van der Waals surface area contributed by atoms with E-state index in [0.717, 1.165) is 26.1 Å². The minimum Gasteiger partial charge on any atom is -0.465 e. The number of hydrogen-bond acceptors (Lipinski definition) is 4. The number of esters is 1. The van der Waals surface area contributed by atoms with Crippen LogP contribution in [0.2, 0.25) is 0 Å². The summed E-state index contributed by atoms with van der Waals surface area (Å²) < 4.78 is 5.08. The van der Waals surface area contributed by atoms with Gasteiger partial charge in [-0.05, 0) is 51.7 Å². The average molecular weight is 256 g/mol. The van der Waals surface area contributed by atoms with Crippen molar-refractivity contribution in [3.05, 3.63) is 0 Å². The Morgan fingerprint density at radius 1 is 1.39 bits per heavy atom. The number of rotatable bonds is 6. The summed E-state index contributed by atoms with van der Waals surface area (Å²) in [5.74, 6) is -0.114. The molecule has 18 heavy (non-hydrogen) atoms. The summed E-state index contributed by atoms with van der Waals surface area (Å²) in [7, 11) is 2.17. The van der Waals surface area contributed by atoms with Crippen molar-refractivity contribution in [3.8, 4) is 0 Å². The standard InChI is InChI=1S/C14H28N2O2/c1-5-12(13(17)18-6-2)15-11-14(3)7-9-16(4)10-8-14/h12,15H,5-11H2,1-4H3. The first kappa shape index (κ1) is 15.4. The van der Waals surface area contributed by atoms with Gasteiger partial charge in [0.05, 0.1) is 6.61 Å². The third-order valence-corrected chi connectivity index (χ3v) is 3.95. The molecule has 1 N–H and O–H groups in total. The second kappa shape index (κ2) is 7.10. The van der Waals surface area contributed by atoms with Gasteiger partial charge in [-0.25, -0.2) is 0 Å². The number of hydrogen-bond donors (Lipinski definition) is 1. The average Bonchev–Trinajstić information content (AvgIpc) is 2.34. The Balaban J connectivity index is 2.40. The van der Waals surface area contributed by atoms with E-state index in [-0.39, 0.29) is 12.0 Å². The zero-order valence-electron chi connectivity index (χ0n) is 12.3. The Hall–Kier alpha value is -0.610. The van der Waals surface area contributed by atoms with Crippen molar-refractivity contribution >= 4 is 5.97 Å². The summed E-state index contributed by atoms with van der Waals surface area (Å²) in [6.45, 7) is 9.83. The second-order valence-electron chi connectivity index (χ2n) is 5.71. The Labute approximate surface area is 111 Å². The number of carbonyl (C=O) groups is 1. The van der Waals surface area contributed by atoms with E-state index in [4.69, 9.17) is 4.74 Å². The van der Waals surface area contributed by atoms with Gasteiger partial charge in [0.2, 0.25) is 0 Å². The monoisotopic (exact) mass is 256 g/mol. The molecule has 1 rings (SSSR count). The predicted octanol–water partition coefficient (Wildman–Crippen LogP) is 1.65. The third kappa shape index (κ3) is 4.58. The summed E-state index contributed by atoms with van der Waals surface area (Å²) >= 11 is 0. The van der Waals surface area contributed by atoms with Crippen LogP contribution in [-0.4, -0.2) is 50.2 Å². The number of carbonyl (C=O) groups excluding carboxylic acids is 1. The first-order chi connectivity index (χ1) is 8.50. The van der Waals surface area contributed by atoms with E-state index in [1.807, 2.05) is 13.8 Å². The molecule has 0 radical (unpaired) electrons. The smallest absolute Gasteiger partial charge is 0.323 e. The van der Waals surface area contributed by atoms with Crippen molar-refractivity contribution in [2.45, 2.75) is 46.1 Å². The molecule has 4 heteroatoms. The molecule has 1 heterocycles. The molecule has 1 unspecified atom stereocenters. The quantitative estimate of drug-likeness (QED) is 0.734. The fraction of sp³-hybridized carbons (Fsp3) is 0.929. The highest BCUT2D eigenvalue weighted by atomic mass is 16.5. The maximum Gasteiger partial charge on any atom is 0.323 e. The van der Waals surface area contributed by atoms with Gasteiger partial charge < -0.3 is 15.0 Å². The van der Waals surface area contributed by atoms with Crippen molar-refractivity contribution < 1.29 is 9.53 Å². The van der Waals surface area contributed by atoms with Gasteiger partial charge in [-0.1, -0.05) is 13.8 Å². The molecule has 1 aliphatic rings. The molecular formula is C14H28N2O2. The van der Waals surface area contributed by atoms with Crippen LogP contribution in [0, 0.1) is 5.41 Å². The Morgan fingerprint density at radius 2 is 2.00 bits per heavy atom. The van der Waals surface area contributed by atoms with Crippen LogP contribution in [0.15, 0.2) is 0 Å². The van der Waals surface area contributed by atoms with E-state index in [2.05, 4.69) is 24.2 Å². The van der Waals surface area contributed by atoms with Gasteiger partial charge in [0.1, 0.15) is 6.04 Å². The van der Waals surface area contributed by atoms with Gasteiger partial charge in [0.25, 0.3) is 0 Å². The van der Waals surface area contributed by atoms with E-state index in [9.17, 15) is 4.79 Å². The van der Waals surface area contributed by atoms with Gasteiger partial charge in [-0.2, -0.15) is 0 Å². The van der Waals surface area contributed by atoms with Crippen LogP contribution in [0.3, 0.4) is 0 Å². The maximum atomic E-state index is 11.7. The predicted molar refractivity (Wildman–Crippen MR) is 73.6 cm³/mol. The lowest BCUT2D eigenvalue weighted by atomic mass is 9.80. The van der Waals surface area contributed by atoms with Gasteiger partial charge >= 0.3 is 5.97 Å². The Bertz CT molecular complexity index is 261. The Morgan fingerprint density at radius 3 is 2.50 bits per heavy atom. The minimum absolute atomic E-state index is 0.114. The molecule has 0 aromatic carbocycles. The minimum atomic E-state index is -0.151. The molecule has 0 aromatic heterocycles. The normalized spacial score (nSPS) is 21.6. The zero-order valence-corrected chi connectivity index (χ0v) is 12.3. The summed E-state index contributed by atoms with van der Waals surface area (Å²) in [5.41, 5.74) is 0.312. The molecule has 0 saturated carbocycles. The SMILES string of the molecule is CCOC(=O)C(CC)NCC1(C)CCN(C)CC1. The molecule has 0 spiro atoms. The van der Waals surface area contributed by atoms with Crippen molar-refractivity contribution in [2.75, 3.05) is 33.3 Å². The third-order valence-electron chi connectivity index (χ3n) is 3.95. The summed E-state index contributed by atoms with van der Waals surface area (Å²) in [6.07, 6.45) is 3.17. The van der Waals surface area contributed by atoms with Crippen LogP contribution in [0.4, 0.5) is 0 Å². The molecular weight excluding hydrogens is 228 g/mol. The summed E-state index contributed by atoms with van der Waals surface area (Å²) in [4.78, 5) is 14.1. The Kier molecular flexibility index (Phi) is 6.09. The van der Waals surface area contributed by atoms with E-state index in [1.54, 1.807) is 0 Å². The lowest BCUT2D eigenvalue weighted by Crippen LogP contribution is -2.47. The number of ether oxygens (including phenoxy) is 1. The second-order valence-corrected chi connectivity index (χ2v) is 5.71. The fourth-order valence-electron chi connectivity index (χ4n) is 2.34. The van der Waals surface area contributed by atoms with Crippen LogP contribution in [0.1, 0.15) is 40.0 Å². The number of nitrogens with zero attached hydrogens (tertiary/aromatic N) is 1. The molecule has 1 atom stereocenters. The molecule has 1 aliphatic heterocycles. The summed E-state index contributed by atoms with van der Waals surface area (Å²) in [5, 5.41) is 3.39. The van der Waals surface area contributed by atoms with Gasteiger partial charge in [0.15, 0.2) is 0 Å². The fourth-order valence-corrected chi connectivity index (χ4v) is 2.34. The molecule has 1 saturated heterocycles. The van der Waals surface area contributed by atoms with Crippen molar-refractivity contribution in [2.24, 2.45) is 5.41 Å². The molecule has 0 aromatic rings. The van der Waals surface area contributed by atoms with Crippen LogP contribution in [-0.2, 0) is 9.53 Å².